The molecule has 0 saturated carbocycles. The van der Waals surface area contributed by atoms with Gasteiger partial charge in [0, 0.05) is 0 Å². The Labute approximate surface area is 78.5 Å². The number of rotatable bonds is 7. The lowest BCUT2D eigenvalue weighted by Crippen LogP contribution is -2.39. The first-order chi connectivity index (χ1) is 6.13. The van der Waals surface area contributed by atoms with Crippen molar-refractivity contribution in [2.24, 2.45) is 0 Å². The monoisotopic (exact) mass is 190 g/mol. The molecule has 0 aromatic carbocycles. The van der Waals surface area contributed by atoms with Gasteiger partial charge in [0.2, 0.25) is 0 Å². The summed E-state index contributed by atoms with van der Waals surface area (Å²) in [6.45, 7) is 5.49. The fourth-order valence-electron chi connectivity index (χ4n) is 0.869. The first-order valence-corrected chi connectivity index (χ1v) is 4.36. The SMILES string of the molecule is C=CCOCC(O)C(O)C(O)CC. The molecule has 0 spiro atoms. The normalized spacial score (nSPS) is 17.8. The Morgan fingerprint density at radius 2 is 1.92 bits per heavy atom. The van der Waals surface area contributed by atoms with Crippen molar-refractivity contribution in [2.75, 3.05) is 13.2 Å². The second-order valence-electron chi connectivity index (χ2n) is 2.86. The van der Waals surface area contributed by atoms with Gasteiger partial charge in [0.15, 0.2) is 0 Å². The highest BCUT2D eigenvalue weighted by molar-refractivity contribution is 4.74. The van der Waals surface area contributed by atoms with Gasteiger partial charge in [0.1, 0.15) is 12.2 Å². The van der Waals surface area contributed by atoms with Gasteiger partial charge in [-0.25, -0.2) is 0 Å². The molecule has 0 heterocycles. The topological polar surface area (TPSA) is 69.9 Å². The van der Waals surface area contributed by atoms with Gasteiger partial charge in [0.25, 0.3) is 0 Å². The lowest BCUT2D eigenvalue weighted by Gasteiger charge is -2.21. The summed E-state index contributed by atoms with van der Waals surface area (Å²) < 4.78 is 4.92. The Hall–Kier alpha value is -0.420. The maximum absolute atomic E-state index is 9.28. The average Bonchev–Trinajstić information content (AvgIpc) is 2.15. The first-order valence-electron chi connectivity index (χ1n) is 4.36. The number of hydrogen-bond donors (Lipinski definition) is 3. The molecule has 4 heteroatoms. The lowest BCUT2D eigenvalue weighted by molar-refractivity contribution is -0.0857. The van der Waals surface area contributed by atoms with Gasteiger partial charge < -0.3 is 20.1 Å². The maximum Gasteiger partial charge on any atom is 0.108 e. The van der Waals surface area contributed by atoms with Gasteiger partial charge in [-0.05, 0) is 6.42 Å². The predicted molar refractivity (Wildman–Crippen MR) is 49.3 cm³/mol. The molecule has 78 valence electrons. The summed E-state index contributed by atoms with van der Waals surface area (Å²) in [5.74, 6) is 0. The van der Waals surface area contributed by atoms with Gasteiger partial charge in [-0.2, -0.15) is 0 Å². The van der Waals surface area contributed by atoms with Crippen molar-refractivity contribution < 1.29 is 20.1 Å². The highest BCUT2D eigenvalue weighted by atomic mass is 16.5. The Bertz CT molecular complexity index is 138. The molecule has 0 aromatic heterocycles. The summed E-state index contributed by atoms with van der Waals surface area (Å²) in [5, 5.41) is 27.7. The standard InChI is InChI=1S/C9H18O4/c1-3-5-13-6-8(11)9(12)7(10)4-2/h3,7-12H,1,4-6H2,2H3. The fourth-order valence-corrected chi connectivity index (χ4v) is 0.869. The van der Waals surface area contributed by atoms with Crippen LogP contribution in [-0.2, 0) is 4.74 Å². The summed E-state index contributed by atoms with van der Waals surface area (Å²) in [6, 6.07) is 0. The highest BCUT2D eigenvalue weighted by Crippen LogP contribution is 2.04. The second kappa shape index (κ2) is 7.03. The van der Waals surface area contributed by atoms with E-state index in [1.807, 2.05) is 0 Å². The molecular formula is C9H18O4. The molecule has 3 unspecified atom stereocenters. The van der Waals surface area contributed by atoms with Crippen molar-refractivity contribution in [1.82, 2.24) is 0 Å². The minimum Gasteiger partial charge on any atom is -0.390 e. The van der Waals surface area contributed by atoms with Crippen LogP contribution in [0.25, 0.3) is 0 Å². The molecule has 0 aromatic rings. The van der Waals surface area contributed by atoms with Gasteiger partial charge >= 0.3 is 0 Å². The molecule has 0 aliphatic heterocycles. The van der Waals surface area contributed by atoms with Crippen LogP contribution >= 0.6 is 0 Å². The van der Waals surface area contributed by atoms with E-state index in [2.05, 4.69) is 6.58 Å². The molecular weight excluding hydrogens is 172 g/mol. The van der Waals surface area contributed by atoms with Gasteiger partial charge in [-0.3, -0.25) is 0 Å². The van der Waals surface area contributed by atoms with Gasteiger partial charge in [-0.15, -0.1) is 6.58 Å². The molecule has 3 atom stereocenters. The molecule has 13 heavy (non-hydrogen) atoms. The third kappa shape index (κ3) is 5.00. The average molecular weight is 190 g/mol. The van der Waals surface area contributed by atoms with Crippen molar-refractivity contribution in [1.29, 1.82) is 0 Å². The molecule has 0 fully saturated rings. The Morgan fingerprint density at radius 1 is 1.31 bits per heavy atom. The third-order valence-electron chi connectivity index (χ3n) is 1.73. The fraction of sp³-hybridized carbons (Fsp3) is 0.778. The van der Waals surface area contributed by atoms with E-state index >= 15 is 0 Å². The highest BCUT2D eigenvalue weighted by Gasteiger charge is 2.22. The zero-order chi connectivity index (χ0) is 10.3. The van der Waals surface area contributed by atoms with E-state index in [4.69, 9.17) is 9.84 Å². The van der Waals surface area contributed by atoms with E-state index in [0.717, 1.165) is 0 Å². The minimum atomic E-state index is -1.14. The van der Waals surface area contributed by atoms with Crippen LogP contribution in [0.3, 0.4) is 0 Å². The van der Waals surface area contributed by atoms with Gasteiger partial charge in [0.05, 0.1) is 19.3 Å². The Morgan fingerprint density at radius 3 is 2.38 bits per heavy atom. The number of aliphatic hydroxyl groups excluding tert-OH is 3. The summed E-state index contributed by atoms with van der Waals surface area (Å²) >= 11 is 0. The van der Waals surface area contributed by atoms with E-state index in [0.29, 0.717) is 13.0 Å². The molecule has 0 amide bonds. The van der Waals surface area contributed by atoms with E-state index < -0.39 is 18.3 Å². The van der Waals surface area contributed by atoms with Crippen LogP contribution in [0.1, 0.15) is 13.3 Å². The maximum atomic E-state index is 9.28. The summed E-state index contributed by atoms with van der Waals surface area (Å²) in [4.78, 5) is 0. The van der Waals surface area contributed by atoms with E-state index in [9.17, 15) is 10.2 Å². The van der Waals surface area contributed by atoms with Crippen LogP contribution in [-0.4, -0.2) is 46.8 Å². The molecule has 0 saturated heterocycles. The number of aliphatic hydroxyl groups is 3. The zero-order valence-corrected chi connectivity index (χ0v) is 7.89. The van der Waals surface area contributed by atoms with Crippen LogP contribution < -0.4 is 0 Å². The van der Waals surface area contributed by atoms with Crippen molar-refractivity contribution in [3.05, 3.63) is 12.7 Å². The van der Waals surface area contributed by atoms with Crippen LogP contribution in [0.5, 0.6) is 0 Å². The number of hydrogen-bond acceptors (Lipinski definition) is 4. The van der Waals surface area contributed by atoms with Crippen molar-refractivity contribution in [3.63, 3.8) is 0 Å². The largest absolute Gasteiger partial charge is 0.390 e. The van der Waals surface area contributed by atoms with Crippen LogP contribution in [0.15, 0.2) is 12.7 Å². The summed E-state index contributed by atoms with van der Waals surface area (Å²) in [6.07, 6.45) is -1.14. The molecule has 0 rings (SSSR count). The van der Waals surface area contributed by atoms with Gasteiger partial charge in [-0.1, -0.05) is 13.0 Å². The molecule has 0 aliphatic rings. The molecule has 3 N–H and O–H groups in total. The van der Waals surface area contributed by atoms with Crippen LogP contribution in [0.4, 0.5) is 0 Å². The lowest BCUT2D eigenvalue weighted by atomic mass is 10.1. The molecule has 0 aliphatic carbocycles. The number of ether oxygens (including phenoxy) is 1. The Balaban J connectivity index is 3.67. The third-order valence-corrected chi connectivity index (χ3v) is 1.73. The summed E-state index contributed by atoms with van der Waals surface area (Å²) in [7, 11) is 0. The van der Waals surface area contributed by atoms with E-state index in [-0.39, 0.29) is 6.61 Å². The van der Waals surface area contributed by atoms with Crippen LogP contribution in [0, 0.1) is 0 Å². The minimum absolute atomic E-state index is 0.00421. The van der Waals surface area contributed by atoms with Crippen molar-refractivity contribution >= 4 is 0 Å². The van der Waals surface area contributed by atoms with Crippen molar-refractivity contribution in [3.8, 4) is 0 Å². The second-order valence-corrected chi connectivity index (χ2v) is 2.86. The predicted octanol–water partition coefficient (Wildman–Crippen LogP) is -0.318. The quantitative estimate of drug-likeness (QED) is 0.380. The van der Waals surface area contributed by atoms with Crippen LogP contribution in [0.2, 0.25) is 0 Å². The molecule has 4 nitrogen and oxygen atoms in total. The van der Waals surface area contributed by atoms with Crippen molar-refractivity contribution in [2.45, 2.75) is 31.7 Å². The van der Waals surface area contributed by atoms with E-state index in [1.54, 1.807) is 13.0 Å². The molecule has 0 bridgehead atoms. The summed E-state index contributed by atoms with van der Waals surface area (Å²) in [5.41, 5.74) is 0. The zero-order valence-electron chi connectivity index (χ0n) is 7.89. The molecule has 0 radical (unpaired) electrons. The van der Waals surface area contributed by atoms with E-state index in [1.165, 1.54) is 0 Å². The first kappa shape index (κ1) is 12.6. The smallest absolute Gasteiger partial charge is 0.108 e. The Kier molecular flexibility index (Phi) is 6.80.